The number of thioether (sulfide) groups is 1. The fourth-order valence-corrected chi connectivity index (χ4v) is 2.32. The van der Waals surface area contributed by atoms with Crippen LogP contribution in [-0.2, 0) is 4.79 Å². The van der Waals surface area contributed by atoms with Gasteiger partial charge in [0.1, 0.15) is 0 Å². The highest BCUT2D eigenvalue weighted by molar-refractivity contribution is 8.14. The molecule has 1 heterocycles. The van der Waals surface area contributed by atoms with Gasteiger partial charge in [-0.25, -0.2) is 0 Å². The van der Waals surface area contributed by atoms with Crippen LogP contribution in [0, 0.1) is 5.41 Å². The quantitative estimate of drug-likeness (QED) is 0.602. The summed E-state index contributed by atoms with van der Waals surface area (Å²) in [5.41, 5.74) is 0.0739. The van der Waals surface area contributed by atoms with Crippen LogP contribution < -0.4 is 0 Å². The van der Waals surface area contributed by atoms with Crippen molar-refractivity contribution in [2.45, 2.75) is 32.9 Å². The summed E-state index contributed by atoms with van der Waals surface area (Å²) in [4.78, 5) is 23.7. The van der Waals surface area contributed by atoms with E-state index in [-0.39, 0.29) is 21.8 Å². The van der Waals surface area contributed by atoms with E-state index in [1.807, 2.05) is 0 Å². The zero-order chi connectivity index (χ0) is 10.2. The van der Waals surface area contributed by atoms with Gasteiger partial charge in [0.25, 0.3) is 5.24 Å². The number of nitrogens with zero attached hydrogens (tertiary/aromatic N) is 1. The van der Waals surface area contributed by atoms with Gasteiger partial charge in [-0.1, -0.05) is 32.5 Å². The minimum absolute atomic E-state index is 0.0739. The van der Waals surface area contributed by atoms with Crippen molar-refractivity contribution in [3.63, 3.8) is 0 Å². The van der Waals surface area contributed by atoms with Crippen molar-refractivity contribution in [1.82, 2.24) is 4.90 Å². The monoisotopic (exact) mass is 201 g/mol. The minimum atomic E-state index is -0.149. The van der Waals surface area contributed by atoms with Gasteiger partial charge < -0.3 is 0 Å². The summed E-state index contributed by atoms with van der Waals surface area (Å²) in [5.74, 6) is -0.149. The lowest BCUT2D eigenvalue weighted by Crippen LogP contribution is -2.33. The lowest BCUT2D eigenvalue weighted by molar-refractivity contribution is -0.125. The van der Waals surface area contributed by atoms with Gasteiger partial charge in [0, 0.05) is 18.7 Å². The van der Waals surface area contributed by atoms with E-state index in [2.05, 4.69) is 20.8 Å². The van der Waals surface area contributed by atoms with Gasteiger partial charge in [0.15, 0.2) is 0 Å². The standard InChI is InChI=1S/C9H15NO2S/c1-6(11)10-5-7(9(2,3)4)13-8(10)12/h7H,5H2,1-4H3/t7-/m1/s1. The Morgan fingerprint density at radius 1 is 1.54 bits per heavy atom. The Morgan fingerprint density at radius 2 is 2.08 bits per heavy atom. The van der Waals surface area contributed by atoms with Crippen molar-refractivity contribution in [3.05, 3.63) is 0 Å². The lowest BCUT2D eigenvalue weighted by Gasteiger charge is -2.24. The Labute approximate surface area is 82.9 Å². The van der Waals surface area contributed by atoms with Crippen LogP contribution in [0.5, 0.6) is 0 Å². The second-order valence-corrected chi connectivity index (χ2v) is 5.52. The van der Waals surface area contributed by atoms with E-state index in [0.717, 1.165) is 0 Å². The van der Waals surface area contributed by atoms with E-state index in [0.29, 0.717) is 6.54 Å². The molecule has 0 bridgehead atoms. The van der Waals surface area contributed by atoms with E-state index < -0.39 is 0 Å². The van der Waals surface area contributed by atoms with Crippen LogP contribution in [0.4, 0.5) is 4.79 Å². The van der Waals surface area contributed by atoms with Crippen LogP contribution in [0.15, 0.2) is 0 Å². The molecular weight excluding hydrogens is 186 g/mol. The van der Waals surface area contributed by atoms with Gasteiger partial charge in [-0.15, -0.1) is 0 Å². The molecule has 13 heavy (non-hydrogen) atoms. The summed E-state index contributed by atoms with van der Waals surface area (Å²) in [5, 5.41) is 0.122. The third kappa shape index (κ3) is 2.24. The van der Waals surface area contributed by atoms with Crippen LogP contribution in [0.25, 0.3) is 0 Å². The molecule has 2 amide bonds. The third-order valence-electron chi connectivity index (χ3n) is 2.16. The van der Waals surface area contributed by atoms with Crippen molar-refractivity contribution in [2.24, 2.45) is 5.41 Å². The molecule has 0 aromatic carbocycles. The van der Waals surface area contributed by atoms with Gasteiger partial charge in [0.05, 0.1) is 0 Å². The first-order chi connectivity index (χ1) is 5.82. The molecule has 1 saturated heterocycles. The highest BCUT2D eigenvalue weighted by Crippen LogP contribution is 2.37. The molecule has 0 aromatic rings. The SMILES string of the molecule is CC(=O)N1C[C@H](C(C)(C)C)SC1=O. The number of carbonyl (C=O) groups excluding carboxylic acids is 2. The highest BCUT2D eigenvalue weighted by atomic mass is 32.2. The maximum atomic E-state index is 11.3. The summed E-state index contributed by atoms with van der Waals surface area (Å²) in [7, 11) is 0. The summed E-state index contributed by atoms with van der Waals surface area (Å²) < 4.78 is 0. The fraction of sp³-hybridized carbons (Fsp3) is 0.778. The van der Waals surface area contributed by atoms with Gasteiger partial charge >= 0.3 is 0 Å². The van der Waals surface area contributed by atoms with Crippen molar-refractivity contribution < 1.29 is 9.59 Å². The predicted octanol–water partition coefficient (Wildman–Crippen LogP) is 2.12. The van der Waals surface area contributed by atoms with Crippen molar-refractivity contribution >= 4 is 22.9 Å². The molecule has 0 aliphatic carbocycles. The van der Waals surface area contributed by atoms with Crippen LogP contribution in [0.1, 0.15) is 27.7 Å². The van der Waals surface area contributed by atoms with Crippen molar-refractivity contribution in [3.8, 4) is 0 Å². The molecular formula is C9H15NO2S. The summed E-state index contributed by atoms with van der Waals surface area (Å²) in [6.07, 6.45) is 0. The topological polar surface area (TPSA) is 37.4 Å². The Bertz CT molecular complexity index is 244. The summed E-state index contributed by atoms with van der Waals surface area (Å²) in [6.45, 7) is 8.25. The minimum Gasteiger partial charge on any atom is -0.275 e. The Balaban J connectivity index is 2.71. The average Bonchev–Trinajstić information content (AvgIpc) is 2.29. The molecule has 1 atom stereocenters. The predicted molar refractivity (Wildman–Crippen MR) is 53.6 cm³/mol. The largest absolute Gasteiger partial charge is 0.288 e. The molecule has 1 aliphatic rings. The molecule has 0 unspecified atom stereocenters. The smallest absolute Gasteiger partial charge is 0.275 e. The molecule has 1 rings (SSSR count). The molecule has 4 heteroatoms. The number of amides is 2. The maximum Gasteiger partial charge on any atom is 0.288 e. The normalized spacial score (nSPS) is 23.8. The second kappa shape index (κ2) is 3.33. The average molecular weight is 201 g/mol. The number of carbonyl (C=O) groups is 2. The molecule has 1 aliphatic heterocycles. The van der Waals surface area contributed by atoms with Crippen LogP contribution in [0.3, 0.4) is 0 Å². The van der Waals surface area contributed by atoms with E-state index in [1.165, 1.54) is 23.6 Å². The molecule has 74 valence electrons. The third-order valence-corrected chi connectivity index (χ3v) is 3.72. The van der Waals surface area contributed by atoms with E-state index in [4.69, 9.17) is 0 Å². The van der Waals surface area contributed by atoms with E-state index in [1.54, 1.807) is 0 Å². The molecule has 0 saturated carbocycles. The fourth-order valence-electron chi connectivity index (χ4n) is 1.17. The van der Waals surface area contributed by atoms with E-state index >= 15 is 0 Å². The molecule has 0 spiro atoms. The maximum absolute atomic E-state index is 11.3. The van der Waals surface area contributed by atoms with Gasteiger partial charge in [-0.05, 0) is 5.41 Å². The van der Waals surface area contributed by atoms with Gasteiger partial charge in [-0.3, -0.25) is 14.5 Å². The summed E-state index contributed by atoms with van der Waals surface area (Å²) >= 11 is 1.28. The zero-order valence-electron chi connectivity index (χ0n) is 8.46. The van der Waals surface area contributed by atoms with Crippen LogP contribution in [0.2, 0.25) is 0 Å². The number of imide groups is 1. The van der Waals surface area contributed by atoms with Crippen molar-refractivity contribution in [2.75, 3.05) is 6.54 Å². The number of rotatable bonds is 0. The Kier molecular flexibility index (Phi) is 2.71. The number of hydrogen-bond acceptors (Lipinski definition) is 3. The lowest BCUT2D eigenvalue weighted by atomic mass is 9.91. The summed E-state index contributed by atoms with van der Waals surface area (Å²) in [6, 6.07) is 0. The van der Waals surface area contributed by atoms with Gasteiger partial charge in [-0.2, -0.15) is 0 Å². The Morgan fingerprint density at radius 3 is 2.31 bits per heavy atom. The van der Waals surface area contributed by atoms with E-state index in [9.17, 15) is 9.59 Å². The molecule has 0 N–H and O–H groups in total. The van der Waals surface area contributed by atoms with Gasteiger partial charge in [0.2, 0.25) is 5.91 Å². The van der Waals surface area contributed by atoms with Crippen LogP contribution >= 0.6 is 11.8 Å². The first-order valence-electron chi connectivity index (χ1n) is 4.31. The highest BCUT2D eigenvalue weighted by Gasteiger charge is 2.39. The second-order valence-electron chi connectivity index (χ2n) is 4.37. The molecule has 3 nitrogen and oxygen atoms in total. The molecule has 1 fully saturated rings. The zero-order valence-corrected chi connectivity index (χ0v) is 9.27. The molecule has 0 aromatic heterocycles. The molecule has 0 radical (unpaired) electrons. The number of hydrogen-bond donors (Lipinski definition) is 0. The Hall–Kier alpha value is -0.510. The first kappa shape index (κ1) is 10.6. The van der Waals surface area contributed by atoms with Crippen LogP contribution in [-0.4, -0.2) is 27.8 Å². The van der Waals surface area contributed by atoms with Crippen molar-refractivity contribution in [1.29, 1.82) is 0 Å². The first-order valence-corrected chi connectivity index (χ1v) is 5.19.